The lowest BCUT2D eigenvalue weighted by molar-refractivity contribution is -0.128. The summed E-state index contributed by atoms with van der Waals surface area (Å²) in [7, 11) is 0. The Hall–Kier alpha value is -2.82. The zero-order valence-electron chi connectivity index (χ0n) is 12.6. The van der Waals surface area contributed by atoms with Crippen LogP contribution in [0.15, 0.2) is 59.2 Å². The molecular formula is C18H18N2O3. The van der Waals surface area contributed by atoms with Crippen molar-refractivity contribution in [1.29, 1.82) is 0 Å². The van der Waals surface area contributed by atoms with Crippen molar-refractivity contribution in [1.82, 2.24) is 10.2 Å². The van der Waals surface area contributed by atoms with Gasteiger partial charge in [-0.3, -0.25) is 9.59 Å². The van der Waals surface area contributed by atoms with E-state index in [0.29, 0.717) is 25.3 Å². The number of nitrogens with one attached hydrogen (secondary N) is 1. The minimum Gasteiger partial charge on any atom is -0.465 e. The Morgan fingerprint density at radius 2 is 2.09 bits per heavy atom. The van der Waals surface area contributed by atoms with Crippen molar-refractivity contribution < 1.29 is 14.0 Å². The maximum Gasteiger partial charge on any atom is 0.244 e. The second-order valence-corrected chi connectivity index (χ2v) is 5.52. The van der Waals surface area contributed by atoms with E-state index in [1.54, 1.807) is 29.4 Å². The zero-order chi connectivity index (χ0) is 16.1. The van der Waals surface area contributed by atoms with Gasteiger partial charge >= 0.3 is 0 Å². The van der Waals surface area contributed by atoms with Crippen molar-refractivity contribution in [3.8, 4) is 0 Å². The summed E-state index contributed by atoms with van der Waals surface area (Å²) in [6.45, 7) is 1.11. The highest BCUT2D eigenvalue weighted by molar-refractivity contribution is 5.92. The van der Waals surface area contributed by atoms with Crippen LogP contribution in [-0.4, -0.2) is 29.3 Å². The van der Waals surface area contributed by atoms with Crippen molar-refractivity contribution in [3.63, 3.8) is 0 Å². The molecule has 23 heavy (non-hydrogen) atoms. The highest BCUT2D eigenvalue weighted by Crippen LogP contribution is 2.15. The third-order valence-corrected chi connectivity index (χ3v) is 3.72. The molecule has 2 aromatic rings. The Morgan fingerprint density at radius 1 is 1.26 bits per heavy atom. The van der Waals surface area contributed by atoms with Crippen LogP contribution in [0.25, 0.3) is 6.08 Å². The minimum absolute atomic E-state index is 0.0640. The highest BCUT2D eigenvalue weighted by atomic mass is 16.3. The molecule has 0 spiro atoms. The fourth-order valence-corrected chi connectivity index (χ4v) is 2.62. The lowest BCUT2D eigenvalue weighted by Gasteiger charge is -2.16. The van der Waals surface area contributed by atoms with Gasteiger partial charge in [-0.1, -0.05) is 30.3 Å². The lowest BCUT2D eigenvalue weighted by Crippen LogP contribution is -2.36. The first kappa shape index (κ1) is 15.1. The summed E-state index contributed by atoms with van der Waals surface area (Å²) >= 11 is 0. The number of amides is 2. The van der Waals surface area contributed by atoms with Gasteiger partial charge in [0, 0.05) is 25.6 Å². The van der Waals surface area contributed by atoms with Crippen LogP contribution < -0.4 is 5.32 Å². The number of rotatable bonds is 5. The number of benzene rings is 1. The van der Waals surface area contributed by atoms with Crippen LogP contribution in [0.1, 0.15) is 17.7 Å². The Labute approximate surface area is 134 Å². The van der Waals surface area contributed by atoms with E-state index in [1.807, 2.05) is 30.3 Å². The predicted molar refractivity (Wildman–Crippen MR) is 86.1 cm³/mol. The molecule has 3 rings (SSSR count). The molecule has 1 aromatic heterocycles. The third-order valence-electron chi connectivity index (χ3n) is 3.72. The van der Waals surface area contributed by atoms with E-state index in [9.17, 15) is 9.59 Å². The van der Waals surface area contributed by atoms with Gasteiger partial charge in [0.25, 0.3) is 0 Å². The average molecular weight is 310 g/mol. The molecule has 0 aliphatic carbocycles. The molecule has 0 saturated carbocycles. The molecule has 0 bridgehead atoms. The second kappa shape index (κ2) is 6.96. The monoisotopic (exact) mass is 310 g/mol. The Morgan fingerprint density at radius 3 is 2.83 bits per heavy atom. The minimum atomic E-state index is -0.222. The summed E-state index contributed by atoms with van der Waals surface area (Å²) in [6.07, 6.45) is 4.92. The van der Waals surface area contributed by atoms with E-state index in [4.69, 9.17) is 4.42 Å². The van der Waals surface area contributed by atoms with Crippen molar-refractivity contribution in [2.24, 2.45) is 0 Å². The summed E-state index contributed by atoms with van der Waals surface area (Å²) in [5.41, 5.74) is 1.09. The standard InChI is InChI=1S/C18H18N2O3/c21-17(9-8-16-7-4-10-23-16)19-15-11-18(22)20(13-15)12-14-5-2-1-3-6-14/h1-10,15H,11-13H2,(H,19,21)/b9-8+. The molecule has 1 aliphatic heterocycles. The quantitative estimate of drug-likeness (QED) is 0.861. The summed E-state index contributed by atoms with van der Waals surface area (Å²) in [5.74, 6) is 0.461. The molecule has 1 fully saturated rings. The van der Waals surface area contributed by atoms with Crippen LogP contribution in [0.3, 0.4) is 0 Å². The number of likely N-dealkylation sites (tertiary alicyclic amines) is 1. The molecular weight excluding hydrogens is 292 g/mol. The number of hydrogen-bond acceptors (Lipinski definition) is 3. The van der Waals surface area contributed by atoms with Gasteiger partial charge in [-0.05, 0) is 23.8 Å². The molecule has 1 atom stereocenters. The zero-order valence-corrected chi connectivity index (χ0v) is 12.6. The second-order valence-electron chi connectivity index (χ2n) is 5.52. The van der Waals surface area contributed by atoms with Crippen molar-refractivity contribution in [2.45, 2.75) is 19.0 Å². The Bertz CT molecular complexity index is 692. The lowest BCUT2D eigenvalue weighted by atomic mass is 10.2. The van der Waals surface area contributed by atoms with Crippen molar-refractivity contribution in [2.75, 3.05) is 6.54 Å². The molecule has 2 heterocycles. The van der Waals surface area contributed by atoms with Gasteiger partial charge in [0.2, 0.25) is 11.8 Å². The molecule has 1 aromatic carbocycles. The van der Waals surface area contributed by atoms with Crippen LogP contribution in [0.5, 0.6) is 0 Å². The maximum absolute atomic E-state index is 12.1. The van der Waals surface area contributed by atoms with E-state index < -0.39 is 0 Å². The van der Waals surface area contributed by atoms with Gasteiger partial charge in [-0.2, -0.15) is 0 Å². The van der Waals surface area contributed by atoms with Gasteiger partial charge in [-0.25, -0.2) is 0 Å². The molecule has 1 unspecified atom stereocenters. The van der Waals surface area contributed by atoms with Gasteiger partial charge < -0.3 is 14.6 Å². The SMILES string of the molecule is O=C(/C=C/c1ccco1)NC1CC(=O)N(Cc2ccccc2)C1. The first-order chi connectivity index (χ1) is 11.2. The largest absolute Gasteiger partial charge is 0.465 e. The first-order valence-corrected chi connectivity index (χ1v) is 7.54. The molecule has 1 saturated heterocycles. The summed E-state index contributed by atoms with van der Waals surface area (Å²) in [5, 5.41) is 2.86. The fourth-order valence-electron chi connectivity index (χ4n) is 2.62. The normalized spacial score (nSPS) is 17.8. The number of carbonyl (C=O) groups excluding carboxylic acids is 2. The van der Waals surface area contributed by atoms with Crippen LogP contribution in [0.4, 0.5) is 0 Å². The van der Waals surface area contributed by atoms with E-state index in [-0.39, 0.29) is 17.9 Å². The number of nitrogens with zero attached hydrogens (tertiary/aromatic N) is 1. The van der Waals surface area contributed by atoms with Gasteiger partial charge in [-0.15, -0.1) is 0 Å². The van der Waals surface area contributed by atoms with Crippen LogP contribution >= 0.6 is 0 Å². The topological polar surface area (TPSA) is 62.6 Å². The molecule has 118 valence electrons. The fraction of sp³-hybridized carbons (Fsp3) is 0.222. The van der Waals surface area contributed by atoms with Gasteiger partial charge in [0.1, 0.15) is 5.76 Å². The van der Waals surface area contributed by atoms with Gasteiger partial charge in [0.05, 0.1) is 12.3 Å². The molecule has 1 aliphatic rings. The first-order valence-electron chi connectivity index (χ1n) is 7.54. The summed E-state index contributed by atoms with van der Waals surface area (Å²) in [6, 6.07) is 13.2. The molecule has 5 heteroatoms. The van der Waals surface area contributed by atoms with Crippen molar-refractivity contribution >= 4 is 17.9 Å². The van der Waals surface area contributed by atoms with E-state index in [2.05, 4.69) is 5.32 Å². The molecule has 2 amide bonds. The molecule has 1 N–H and O–H groups in total. The average Bonchev–Trinajstić information content (AvgIpc) is 3.17. The van der Waals surface area contributed by atoms with E-state index in [1.165, 1.54) is 6.08 Å². The summed E-state index contributed by atoms with van der Waals surface area (Å²) in [4.78, 5) is 25.7. The van der Waals surface area contributed by atoms with Gasteiger partial charge in [0.15, 0.2) is 0 Å². The third kappa shape index (κ3) is 4.10. The number of hydrogen-bond donors (Lipinski definition) is 1. The van der Waals surface area contributed by atoms with E-state index >= 15 is 0 Å². The number of furan rings is 1. The van der Waals surface area contributed by atoms with E-state index in [0.717, 1.165) is 5.56 Å². The Balaban J connectivity index is 1.52. The van der Waals surface area contributed by atoms with Crippen LogP contribution in [0, 0.1) is 0 Å². The van der Waals surface area contributed by atoms with Crippen LogP contribution in [-0.2, 0) is 16.1 Å². The smallest absolute Gasteiger partial charge is 0.244 e. The van der Waals surface area contributed by atoms with Crippen LogP contribution in [0.2, 0.25) is 0 Å². The predicted octanol–water partition coefficient (Wildman–Crippen LogP) is 2.21. The Kier molecular flexibility index (Phi) is 4.57. The summed E-state index contributed by atoms with van der Waals surface area (Å²) < 4.78 is 5.13. The number of carbonyl (C=O) groups is 2. The molecule has 0 radical (unpaired) electrons. The van der Waals surface area contributed by atoms with Crippen molar-refractivity contribution in [3.05, 3.63) is 66.1 Å². The highest BCUT2D eigenvalue weighted by Gasteiger charge is 2.30. The molecule has 5 nitrogen and oxygen atoms in total. The maximum atomic E-state index is 12.1.